The van der Waals surface area contributed by atoms with Crippen molar-refractivity contribution in [2.45, 2.75) is 13.5 Å². The summed E-state index contributed by atoms with van der Waals surface area (Å²) in [5.41, 5.74) is 1.83. The van der Waals surface area contributed by atoms with Crippen LogP contribution in [-0.4, -0.2) is 22.3 Å². The van der Waals surface area contributed by atoms with Crippen molar-refractivity contribution < 1.29 is 4.74 Å². The van der Waals surface area contributed by atoms with Gasteiger partial charge in [0.05, 0.1) is 12.8 Å². The lowest BCUT2D eigenvalue weighted by atomic mass is 10.2. The molecule has 2 N–H and O–H groups in total. The van der Waals surface area contributed by atoms with E-state index < -0.39 is 0 Å². The number of rotatable bonds is 4. The first-order valence-electron chi connectivity index (χ1n) is 5.50. The number of aryl methyl sites for hydroxylation is 1. The SMILES string of the molecule is COc1ccccc1CNc1nc(=S)[nH]nc1C. The molecular formula is C12H14N4OS. The van der Waals surface area contributed by atoms with Crippen molar-refractivity contribution in [2.75, 3.05) is 12.4 Å². The van der Waals surface area contributed by atoms with Gasteiger partial charge < -0.3 is 10.1 Å². The van der Waals surface area contributed by atoms with Crippen LogP contribution < -0.4 is 10.1 Å². The van der Waals surface area contributed by atoms with E-state index in [9.17, 15) is 0 Å². The van der Waals surface area contributed by atoms with Crippen LogP contribution in [0.25, 0.3) is 0 Å². The topological polar surface area (TPSA) is 62.8 Å². The number of aromatic nitrogens is 3. The quantitative estimate of drug-likeness (QED) is 0.829. The summed E-state index contributed by atoms with van der Waals surface area (Å²) in [6, 6.07) is 7.83. The van der Waals surface area contributed by atoms with Gasteiger partial charge >= 0.3 is 0 Å². The third-order valence-corrected chi connectivity index (χ3v) is 2.70. The summed E-state index contributed by atoms with van der Waals surface area (Å²) in [5, 5.41) is 9.90. The predicted octanol–water partition coefficient (Wildman–Crippen LogP) is 2.46. The Labute approximate surface area is 110 Å². The maximum atomic E-state index is 5.28. The number of hydrogen-bond acceptors (Lipinski definition) is 5. The first-order chi connectivity index (χ1) is 8.70. The van der Waals surface area contributed by atoms with E-state index in [2.05, 4.69) is 20.5 Å². The fraction of sp³-hybridized carbons (Fsp3) is 0.250. The smallest absolute Gasteiger partial charge is 0.215 e. The van der Waals surface area contributed by atoms with E-state index in [0.29, 0.717) is 17.1 Å². The molecule has 2 aromatic rings. The molecule has 0 atom stereocenters. The summed E-state index contributed by atoms with van der Waals surface area (Å²) >= 11 is 4.94. The predicted molar refractivity (Wildman–Crippen MR) is 72.3 cm³/mol. The average molecular weight is 262 g/mol. The second-order valence-electron chi connectivity index (χ2n) is 3.74. The molecule has 1 heterocycles. The lowest BCUT2D eigenvalue weighted by molar-refractivity contribution is 0.410. The minimum Gasteiger partial charge on any atom is -0.496 e. The zero-order valence-corrected chi connectivity index (χ0v) is 11.0. The number of benzene rings is 1. The van der Waals surface area contributed by atoms with Gasteiger partial charge in [-0.1, -0.05) is 18.2 Å². The van der Waals surface area contributed by atoms with Crippen LogP contribution in [0.4, 0.5) is 5.82 Å². The monoisotopic (exact) mass is 262 g/mol. The van der Waals surface area contributed by atoms with Crippen LogP contribution in [0.15, 0.2) is 24.3 Å². The highest BCUT2D eigenvalue weighted by molar-refractivity contribution is 7.71. The van der Waals surface area contributed by atoms with Gasteiger partial charge in [-0.15, -0.1) is 0 Å². The number of para-hydroxylation sites is 1. The molecule has 1 aromatic heterocycles. The minimum atomic E-state index is 0.364. The number of anilines is 1. The van der Waals surface area contributed by atoms with Gasteiger partial charge in [-0.05, 0) is 25.2 Å². The van der Waals surface area contributed by atoms with Gasteiger partial charge in [0.15, 0.2) is 5.82 Å². The van der Waals surface area contributed by atoms with E-state index in [1.807, 2.05) is 31.2 Å². The van der Waals surface area contributed by atoms with Crippen molar-refractivity contribution in [3.05, 3.63) is 40.3 Å². The van der Waals surface area contributed by atoms with Crippen LogP contribution in [0.2, 0.25) is 0 Å². The number of H-pyrrole nitrogens is 1. The Kier molecular flexibility index (Phi) is 3.88. The molecule has 0 aliphatic heterocycles. The molecule has 1 aromatic carbocycles. The van der Waals surface area contributed by atoms with Crippen LogP contribution in [0.3, 0.4) is 0 Å². The molecule has 18 heavy (non-hydrogen) atoms. The van der Waals surface area contributed by atoms with Crippen LogP contribution in [0.5, 0.6) is 5.75 Å². The second-order valence-corrected chi connectivity index (χ2v) is 4.13. The first kappa shape index (κ1) is 12.5. The van der Waals surface area contributed by atoms with E-state index in [0.717, 1.165) is 17.0 Å². The Balaban J connectivity index is 2.16. The molecule has 0 fully saturated rings. The fourth-order valence-corrected chi connectivity index (χ4v) is 1.72. The Morgan fingerprint density at radius 3 is 2.94 bits per heavy atom. The summed E-state index contributed by atoms with van der Waals surface area (Å²) in [6.45, 7) is 2.47. The maximum absolute atomic E-state index is 5.28. The average Bonchev–Trinajstić information content (AvgIpc) is 2.40. The zero-order valence-electron chi connectivity index (χ0n) is 10.2. The summed E-state index contributed by atoms with van der Waals surface area (Å²) in [7, 11) is 1.66. The van der Waals surface area contributed by atoms with Gasteiger partial charge in [-0.25, -0.2) is 0 Å². The van der Waals surface area contributed by atoms with Gasteiger partial charge in [-0.3, -0.25) is 5.10 Å². The highest BCUT2D eigenvalue weighted by atomic mass is 32.1. The van der Waals surface area contributed by atoms with Crippen molar-refractivity contribution >= 4 is 18.0 Å². The lowest BCUT2D eigenvalue weighted by Gasteiger charge is -2.10. The number of ether oxygens (including phenoxy) is 1. The molecule has 0 saturated heterocycles. The highest BCUT2D eigenvalue weighted by Crippen LogP contribution is 2.18. The van der Waals surface area contributed by atoms with Gasteiger partial charge in [-0.2, -0.15) is 10.1 Å². The lowest BCUT2D eigenvalue weighted by Crippen LogP contribution is -2.06. The largest absolute Gasteiger partial charge is 0.496 e. The summed E-state index contributed by atoms with van der Waals surface area (Å²) in [6.07, 6.45) is 0. The Hall–Kier alpha value is -1.95. The molecule has 6 heteroatoms. The third kappa shape index (κ3) is 2.84. The van der Waals surface area contributed by atoms with Gasteiger partial charge in [0.1, 0.15) is 5.75 Å². The van der Waals surface area contributed by atoms with Gasteiger partial charge in [0.25, 0.3) is 0 Å². The third-order valence-electron chi connectivity index (χ3n) is 2.51. The molecule has 0 bridgehead atoms. The molecule has 94 valence electrons. The Morgan fingerprint density at radius 2 is 2.17 bits per heavy atom. The molecule has 0 amide bonds. The molecule has 0 radical (unpaired) electrons. The molecule has 0 spiro atoms. The van der Waals surface area contributed by atoms with E-state index in [-0.39, 0.29) is 0 Å². The number of nitrogens with one attached hydrogen (secondary N) is 2. The molecule has 0 unspecified atom stereocenters. The molecule has 0 saturated carbocycles. The number of nitrogens with zero attached hydrogens (tertiary/aromatic N) is 2. The normalized spacial score (nSPS) is 10.1. The Bertz CT molecular complexity index is 597. The van der Waals surface area contributed by atoms with Gasteiger partial charge in [0, 0.05) is 12.1 Å². The summed E-state index contributed by atoms with van der Waals surface area (Å²) < 4.78 is 5.65. The van der Waals surface area contributed by atoms with Gasteiger partial charge in [0.2, 0.25) is 4.77 Å². The van der Waals surface area contributed by atoms with Crippen LogP contribution in [0, 0.1) is 11.7 Å². The van der Waals surface area contributed by atoms with Crippen molar-refractivity contribution in [3.63, 3.8) is 0 Å². The zero-order chi connectivity index (χ0) is 13.0. The Morgan fingerprint density at radius 1 is 1.39 bits per heavy atom. The number of methoxy groups -OCH3 is 1. The second kappa shape index (κ2) is 5.59. The van der Waals surface area contributed by atoms with Crippen molar-refractivity contribution in [2.24, 2.45) is 0 Å². The standard InChI is InChI=1S/C12H14N4OS/c1-8-11(14-12(18)16-15-8)13-7-9-5-3-4-6-10(9)17-2/h3-6H,7H2,1-2H3,(H2,13,14,16,18). The first-order valence-corrected chi connectivity index (χ1v) is 5.90. The van der Waals surface area contributed by atoms with Crippen LogP contribution >= 0.6 is 12.2 Å². The molecule has 5 nitrogen and oxygen atoms in total. The van der Waals surface area contributed by atoms with E-state index in [1.165, 1.54) is 0 Å². The van der Waals surface area contributed by atoms with E-state index in [4.69, 9.17) is 17.0 Å². The highest BCUT2D eigenvalue weighted by Gasteiger charge is 2.04. The summed E-state index contributed by atoms with van der Waals surface area (Å²) in [4.78, 5) is 4.19. The number of hydrogen-bond donors (Lipinski definition) is 2. The maximum Gasteiger partial charge on any atom is 0.215 e. The molecule has 0 aliphatic rings. The van der Waals surface area contributed by atoms with Crippen molar-refractivity contribution in [1.82, 2.24) is 15.2 Å². The van der Waals surface area contributed by atoms with Crippen LogP contribution in [-0.2, 0) is 6.54 Å². The summed E-state index contributed by atoms with van der Waals surface area (Å²) in [5.74, 6) is 1.53. The number of aromatic amines is 1. The van der Waals surface area contributed by atoms with E-state index >= 15 is 0 Å². The molecule has 2 rings (SSSR count). The fourth-order valence-electron chi connectivity index (χ4n) is 1.59. The molecular weight excluding hydrogens is 248 g/mol. The van der Waals surface area contributed by atoms with Crippen molar-refractivity contribution in [1.29, 1.82) is 0 Å². The molecule has 0 aliphatic carbocycles. The van der Waals surface area contributed by atoms with Crippen LogP contribution in [0.1, 0.15) is 11.3 Å². The van der Waals surface area contributed by atoms with E-state index in [1.54, 1.807) is 7.11 Å². The van der Waals surface area contributed by atoms with Crippen molar-refractivity contribution in [3.8, 4) is 5.75 Å². The minimum absolute atomic E-state index is 0.364.